The Hall–Kier alpha value is -1.16. The van der Waals surface area contributed by atoms with Crippen LogP contribution in [0.1, 0.15) is 5.56 Å². The summed E-state index contributed by atoms with van der Waals surface area (Å²) in [4.78, 5) is 10.8. The lowest BCUT2D eigenvalue weighted by Crippen LogP contribution is -2.05. The van der Waals surface area contributed by atoms with Gasteiger partial charge >= 0.3 is 5.97 Å². The molecule has 1 aromatic carbocycles. The number of hydrogen-bond donors (Lipinski definition) is 0. The molecule has 1 aromatic rings. The molecule has 0 saturated carbocycles. The number of methoxy groups -OCH3 is 1. The van der Waals surface area contributed by atoms with Crippen LogP contribution < -0.4 is 0 Å². The van der Waals surface area contributed by atoms with Gasteiger partial charge in [0.2, 0.25) is 0 Å². The quantitative estimate of drug-likeness (QED) is 0.565. The molecule has 14 heavy (non-hydrogen) atoms. The molecule has 0 N–H and O–H groups in total. The summed E-state index contributed by atoms with van der Waals surface area (Å²) in [5, 5.41) is -0.344. The molecule has 0 atom stereocenters. The predicted molar refractivity (Wildman–Crippen MR) is 47.1 cm³/mol. The van der Waals surface area contributed by atoms with Crippen molar-refractivity contribution in [3.63, 3.8) is 0 Å². The Morgan fingerprint density at radius 1 is 1.50 bits per heavy atom. The lowest BCUT2D eigenvalue weighted by Gasteiger charge is -2.02. The van der Waals surface area contributed by atoms with Crippen LogP contribution >= 0.6 is 11.6 Å². The zero-order valence-electron chi connectivity index (χ0n) is 7.31. The van der Waals surface area contributed by atoms with E-state index in [0.717, 1.165) is 6.07 Å². The molecule has 0 unspecified atom stereocenters. The van der Waals surface area contributed by atoms with E-state index in [-0.39, 0.29) is 17.0 Å². The number of rotatable bonds is 2. The first-order chi connectivity index (χ1) is 6.54. The first-order valence-electron chi connectivity index (χ1n) is 3.75. The third-order valence-electron chi connectivity index (χ3n) is 1.62. The Kier molecular flexibility index (Phi) is 3.41. The van der Waals surface area contributed by atoms with Crippen molar-refractivity contribution in [3.05, 3.63) is 34.4 Å². The molecule has 0 radical (unpaired) electrons. The SMILES string of the molecule is COC(=O)Cc1cc(F)c(F)c(Cl)c1. The molecule has 76 valence electrons. The maximum Gasteiger partial charge on any atom is 0.309 e. The van der Waals surface area contributed by atoms with E-state index in [4.69, 9.17) is 11.6 Å². The van der Waals surface area contributed by atoms with E-state index >= 15 is 0 Å². The molecule has 0 saturated heterocycles. The summed E-state index contributed by atoms with van der Waals surface area (Å²) in [7, 11) is 1.21. The number of halogens is 3. The minimum Gasteiger partial charge on any atom is -0.469 e. The number of benzene rings is 1. The molecule has 0 heterocycles. The van der Waals surface area contributed by atoms with Crippen molar-refractivity contribution < 1.29 is 18.3 Å². The molecule has 0 aromatic heterocycles. The molecule has 0 spiro atoms. The third-order valence-corrected chi connectivity index (χ3v) is 1.89. The van der Waals surface area contributed by atoms with Gasteiger partial charge in [-0.05, 0) is 17.7 Å². The van der Waals surface area contributed by atoms with E-state index in [1.807, 2.05) is 0 Å². The molecule has 0 aliphatic carbocycles. The van der Waals surface area contributed by atoms with Crippen LogP contribution in [0.15, 0.2) is 12.1 Å². The number of ether oxygens (including phenoxy) is 1. The van der Waals surface area contributed by atoms with Gasteiger partial charge in [0.1, 0.15) is 0 Å². The summed E-state index contributed by atoms with van der Waals surface area (Å²) in [6, 6.07) is 2.11. The molecular weight excluding hydrogens is 214 g/mol. The average molecular weight is 221 g/mol. The molecule has 0 amide bonds. The lowest BCUT2D eigenvalue weighted by atomic mass is 10.1. The summed E-state index contributed by atoms with van der Waals surface area (Å²) in [5.41, 5.74) is 0.278. The fourth-order valence-electron chi connectivity index (χ4n) is 0.949. The number of carbonyl (C=O) groups is 1. The van der Waals surface area contributed by atoms with Gasteiger partial charge < -0.3 is 4.74 Å². The topological polar surface area (TPSA) is 26.3 Å². The van der Waals surface area contributed by atoms with Gasteiger partial charge in [0, 0.05) is 0 Å². The largest absolute Gasteiger partial charge is 0.469 e. The zero-order chi connectivity index (χ0) is 10.7. The fourth-order valence-corrected chi connectivity index (χ4v) is 1.18. The van der Waals surface area contributed by atoms with Gasteiger partial charge in [0.05, 0.1) is 18.6 Å². The smallest absolute Gasteiger partial charge is 0.309 e. The second-order valence-electron chi connectivity index (χ2n) is 2.63. The van der Waals surface area contributed by atoms with Crippen molar-refractivity contribution in [3.8, 4) is 0 Å². The first kappa shape index (κ1) is 10.9. The predicted octanol–water partition coefficient (Wildman–Crippen LogP) is 2.33. The van der Waals surface area contributed by atoms with Crippen molar-refractivity contribution in [2.75, 3.05) is 7.11 Å². The van der Waals surface area contributed by atoms with Gasteiger partial charge in [0.15, 0.2) is 11.6 Å². The summed E-state index contributed by atoms with van der Waals surface area (Å²) in [6.45, 7) is 0. The normalized spacial score (nSPS) is 10.0. The van der Waals surface area contributed by atoms with E-state index in [0.29, 0.717) is 0 Å². The molecule has 0 fully saturated rings. The van der Waals surface area contributed by atoms with E-state index in [1.54, 1.807) is 0 Å². The van der Waals surface area contributed by atoms with Crippen molar-refractivity contribution in [1.29, 1.82) is 0 Å². The molecule has 0 aliphatic heterocycles. The second-order valence-corrected chi connectivity index (χ2v) is 3.03. The van der Waals surface area contributed by atoms with Crippen molar-refractivity contribution in [1.82, 2.24) is 0 Å². The highest BCUT2D eigenvalue weighted by Gasteiger charge is 2.11. The van der Waals surface area contributed by atoms with E-state index in [1.165, 1.54) is 13.2 Å². The number of hydrogen-bond acceptors (Lipinski definition) is 2. The highest BCUT2D eigenvalue weighted by Crippen LogP contribution is 2.20. The minimum atomic E-state index is -1.11. The number of carbonyl (C=O) groups excluding carboxylic acids is 1. The van der Waals surface area contributed by atoms with Crippen molar-refractivity contribution in [2.24, 2.45) is 0 Å². The Morgan fingerprint density at radius 3 is 2.64 bits per heavy atom. The van der Waals surface area contributed by atoms with Crippen LogP contribution in [0.3, 0.4) is 0 Å². The third kappa shape index (κ3) is 2.42. The van der Waals surface area contributed by atoms with Crippen LogP contribution in [0.25, 0.3) is 0 Å². The summed E-state index contributed by atoms with van der Waals surface area (Å²) in [6.07, 6.45) is -0.132. The highest BCUT2D eigenvalue weighted by atomic mass is 35.5. The van der Waals surface area contributed by atoms with Gasteiger partial charge in [-0.1, -0.05) is 11.6 Å². The Bertz CT molecular complexity index is 343. The second kappa shape index (κ2) is 4.37. The lowest BCUT2D eigenvalue weighted by molar-refractivity contribution is -0.139. The minimum absolute atomic E-state index is 0.132. The number of esters is 1. The molecule has 2 nitrogen and oxygen atoms in total. The van der Waals surface area contributed by atoms with Crippen LogP contribution in [0.4, 0.5) is 8.78 Å². The van der Waals surface area contributed by atoms with Gasteiger partial charge in [-0.2, -0.15) is 0 Å². The van der Waals surface area contributed by atoms with Crippen LogP contribution in [0.5, 0.6) is 0 Å². The van der Waals surface area contributed by atoms with Gasteiger partial charge in [-0.3, -0.25) is 4.79 Å². The Morgan fingerprint density at radius 2 is 2.14 bits per heavy atom. The molecule has 0 bridgehead atoms. The van der Waals surface area contributed by atoms with Gasteiger partial charge in [-0.25, -0.2) is 8.78 Å². The standard InChI is InChI=1S/C9H7ClF2O2/c1-14-8(13)4-5-2-6(10)9(12)7(11)3-5/h2-3H,4H2,1H3. The van der Waals surface area contributed by atoms with E-state index in [2.05, 4.69) is 4.74 Å². The van der Waals surface area contributed by atoms with Crippen LogP contribution in [-0.2, 0) is 16.0 Å². The van der Waals surface area contributed by atoms with Gasteiger partial charge in [0.25, 0.3) is 0 Å². The molecule has 1 rings (SSSR count). The maximum absolute atomic E-state index is 12.8. The van der Waals surface area contributed by atoms with Crippen LogP contribution in [0, 0.1) is 11.6 Å². The molecule has 0 aliphatic rings. The van der Waals surface area contributed by atoms with E-state index < -0.39 is 17.6 Å². The first-order valence-corrected chi connectivity index (χ1v) is 4.12. The monoisotopic (exact) mass is 220 g/mol. The average Bonchev–Trinajstić information content (AvgIpc) is 2.14. The highest BCUT2D eigenvalue weighted by molar-refractivity contribution is 6.30. The Labute approximate surface area is 84.4 Å². The maximum atomic E-state index is 12.8. The fraction of sp³-hybridized carbons (Fsp3) is 0.222. The van der Waals surface area contributed by atoms with E-state index in [9.17, 15) is 13.6 Å². The molecular formula is C9H7ClF2O2. The van der Waals surface area contributed by atoms with Crippen LogP contribution in [0.2, 0.25) is 5.02 Å². The van der Waals surface area contributed by atoms with Crippen molar-refractivity contribution in [2.45, 2.75) is 6.42 Å². The van der Waals surface area contributed by atoms with Crippen LogP contribution in [-0.4, -0.2) is 13.1 Å². The van der Waals surface area contributed by atoms with Crippen molar-refractivity contribution >= 4 is 17.6 Å². The summed E-state index contributed by atoms with van der Waals surface area (Å²) < 4.78 is 29.9. The summed E-state index contributed by atoms with van der Waals surface area (Å²) >= 11 is 5.38. The van der Waals surface area contributed by atoms with Gasteiger partial charge in [-0.15, -0.1) is 0 Å². The summed E-state index contributed by atoms with van der Waals surface area (Å²) in [5.74, 6) is -2.72. The zero-order valence-corrected chi connectivity index (χ0v) is 8.07. The molecule has 5 heteroatoms. The Balaban J connectivity index is 2.95.